The highest BCUT2D eigenvalue weighted by Crippen LogP contribution is 2.11. The SMILES string of the molecule is NC1=NC(N)=C2NC(=O)C=NC2N1. The van der Waals surface area contributed by atoms with Gasteiger partial charge >= 0.3 is 0 Å². The molecule has 0 fully saturated rings. The van der Waals surface area contributed by atoms with Crippen molar-refractivity contribution >= 4 is 18.1 Å². The van der Waals surface area contributed by atoms with Crippen LogP contribution in [-0.2, 0) is 4.79 Å². The summed E-state index contributed by atoms with van der Waals surface area (Å²) < 4.78 is 0. The highest BCUT2D eigenvalue weighted by molar-refractivity contribution is 6.27. The molecule has 0 saturated heterocycles. The number of nitrogens with zero attached hydrogens (tertiary/aromatic N) is 2. The van der Waals surface area contributed by atoms with Crippen LogP contribution < -0.4 is 22.1 Å². The third-order valence-corrected chi connectivity index (χ3v) is 1.67. The zero-order chi connectivity index (χ0) is 9.42. The number of aliphatic imine (C=N–C) groups is 2. The molecule has 2 heterocycles. The molecule has 6 N–H and O–H groups in total. The number of rotatable bonds is 0. The summed E-state index contributed by atoms with van der Waals surface area (Å²) in [5.74, 6) is 0.0673. The number of guanidine groups is 1. The monoisotopic (exact) mass is 180 g/mol. The fourth-order valence-electron chi connectivity index (χ4n) is 1.13. The fourth-order valence-corrected chi connectivity index (χ4v) is 1.13. The molecule has 0 bridgehead atoms. The predicted octanol–water partition coefficient (Wildman–Crippen LogP) is -2.44. The zero-order valence-corrected chi connectivity index (χ0v) is 6.61. The van der Waals surface area contributed by atoms with E-state index in [1.807, 2.05) is 0 Å². The number of amides is 1. The quantitative estimate of drug-likeness (QED) is 0.331. The summed E-state index contributed by atoms with van der Waals surface area (Å²) >= 11 is 0. The van der Waals surface area contributed by atoms with E-state index >= 15 is 0 Å². The molecule has 2 aliphatic heterocycles. The summed E-state index contributed by atoms with van der Waals surface area (Å²) in [6.07, 6.45) is 0.753. The van der Waals surface area contributed by atoms with Gasteiger partial charge in [0, 0.05) is 0 Å². The largest absolute Gasteiger partial charge is 0.382 e. The third-order valence-electron chi connectivity index (χ3n) is 1.67. The molecule has 0 aromatic rings. The van der Waals surface area contributed by atoms with Crippen LogP contribution >= 0.6 is 0 Å². The fraction of sp³-hybridized carbons (Fsp3) is 0.167. The van der Waals surface area contributed by atoms with E-state index in [0.717, 1.165) is 0 Å². The van der Waals surface area contributed by atoms with Crippen LogP contribution in [0.3, 0.4) is 0 Å². The van der Waals surface area contributed by atoms with Gasteiger partial charge in [-0.3, -0.25) is 9.79 Å². The lowest BCUT2D eigenvalue weighted by Gasteiger charge is -2.25. The molecular weight excluding hydrogens is 172 g/mol. The van der Waals surface area contributed by atoms with E-state index in [1.165, 1.54) is 6.21 Å². The van der Waals surface area contributed by atoms with Gasteiger partial charge in [0.05, 0.1) is 6.21 Å². The molecule has 2 aliphatic rings. The molecule has 13 heavy (non-hydrogen) atoms. The average Bonchev–Trinajstić information content (AvgIpc) is 2.06. The molecule has 1 amide bonds. The first-order valence-corrected chi connectivity index (χ1v) is 3.61. The maximum atomic E-state index is 10.9. The number of nitrogens with one attached hydrogen (secondary N) is 2. The minimum atomic E-state index is -0.421. The molecule has 0 aliphatic carbocycles. The number of hydrogen-bond acceptors (Lipinski definition) is 6. The van der Waals surface area contributed by atoms with Crippen LogP contribution in [0.25, 0.3) is 0 Å². The first kappa shape index (κ1) is 7.59. The summed E-state index contributed by atoms with van der Waals surface area (Å²) in [4.78, 5) is 18.5. The number of hydrogen-bond donors (Lipinski definition) is 4. The maximum absolute atomic E-state index is 10.9. The van der Waals surface area contributed by atoms with Crippen molar-refractivity contribution in [2.75, 3.05) is 0 Å². The van der Waals surface area contributed by atoms with Gasteiger partial charge in [-0.15, -0.1) is 0 Å². The molecule has 0 spiro atoms. The highest BCUT2D eigenvalue weighted by atomic mass is 16.1. The van der Waals surface area contributed by atoms with E-state index in [2.05, 4.69) is 20.6 Å². The number of carbonyl (C=O) groups excluding carboxylic acids is 1. The Morgan fingerprint density at radius 3 is 3.00 bits per heavy atom. The van der Waals surface area contributed by atoms with E-state index in [4.69, 9.17) is 11.5 Å². The van der Waals surface area contributed by atoms with Crippen molar-refractivity contribution in [3.63, 3.8) is 0 Å². The Hall–Kier alpha value is -2.05. The zero-order valence-electron chi connectivity index (χ0n) is 6.61. The van der Waals surface area contributed by atoms with Crippen molar-refractivity contribution in [1.82, 2.24) is 10.6 Å². The molecular formula is C6H8N6O. The Balaban J connectivity index is 2.41. The van der Waals surface area contributed by atoms with Gasteiger partial charge in [0.25, 0.3) is 5.91 Å². The Morgan fingerprint density at radius 2 is 2.23 bits per heavy atom. The summed E-state index contributed by atoms with van der Waals surface area (Å²) in [7, 11) is 0. The Bertz CT molecular complexity index is 354. The molecule has 0 aromatic heterocycles. The molecule has 0 radical (unpaired) electrons. The summed E-state index contributed by atoms with van der Waals surface area (Å²) in [6, 6.07) is 0. The van der Waals surface area contributed by atoms with E-state index in [9.17, 15) is 4.79 Å². The summed E-state index contributed by atoms with van der Waals surface area (Å²) in [5, 5.41) is 5.28. The van der Waals surface area contributed by atoms with Crippen LogP contribution in [0.5, 0.6) is 0 Å². The van der Waals surface area contributed by atoms with E-state index in [1.54, 1.807) is 0 Å². The van der Waals surface area contributed by atoms with E-state index < -0.39 is 6.17 Å². The number of nitrogens with two attached hydrogens (primary N) is 2. The predicted molar refractivity (Wildman–Crippen MR) is 46.4 cm³/mol. The summed E-state index contributed by atoms with van der Waals surface area (Å²) in [6.45, 7) is 0. The molecule has 0 saturated carbocycles. The van der Waals surface area contributed by atoms with Gasteiger partial charge < -0.3 is 22.1 Å². The Labute approximate surface area is 73.6 Å². The van der Waals surface area contributed by atoms with Crippen LogP contribution in [0.4, 0.5) is 0 Å². The molecule has 7 heteroatoms. The Morgan fingerprint density at radius 1 is 1.46 bits per heavy atom. The van der Waals surface area contributed by atoms with Crippen LogP contribution in [0.15, 0.2) is 21.5 Å². The second kappa shape index (κ2) is 2.47. The van der Waals surface area contributed by atoms with Crippen molar-refractivity contribution < 1.29 is 4.79 Å². The number of carbonyl (C=O) groups is 1. The van der Waals surface area contributed by atoms with Crippen LogP contribution in [-0.4, -0.2) is 24.2 Å². The molecule has 1 unspecified atom stereocenters. The van der Waals surface area contributed by atoms with Crippen molar-refractivity contribution in [2.45, 2.75) is 6.17 Å². The average molecular weight is 180 g/mol. The highest BCUT2D eigenvalue weighted by Gasteiger charge is 2.25. The molecule has 7 nitrogen and oxygen atoms in total. The Kier molecular flexibility index (Phi) is 1.44. The molecule has 0 aromatic carbocycles. The van der Waals surface area contributed by atoms with Crippen molar-refractivity contribution in [2.24, 2.45) is 21.5 Å². The van der Waals surface area contributed by atoms with Gasteiger partial charge in [-0.05, 0) is 0 Å². The molecule has 68 valence electrons. The summed E-state index contributed by atoms with van der Waals surface area (Å²) in [5.41, 5.74) is 11.4. The van der Waals surface area contributed by atoms with Crippen LogP contribution in [0.1, 0.15) is 0 Å². The first-order chi connectivity index (χ1) is 6.16. The van der Waals surface area contributed by atoms with E-state index in [0.29, 0.717) is 5.70 Å². The maximum Gasteiger partial charge on any atom is 0.266 e. The first-order valence-electron chi connectivity index (χ1n) is 3.61. The second-order valence-corrected chi connectivity index (χ2v) is 2.61. The molecule has 1 atom stereocenters. The van der Waals surface area contributed by atoms with Gasteiger partial charge in [-0.25, -0.2) is 0 Å². The van der Waals surface area contributed by atoms with Gasteiger partial charge in [-0.1, -0.05) is 0 Å². The lowest BCUT2D eigenvalue weighted by molar-refractivity contribution is -0.114. The van der Waals surface area contributed by atoms with Crippen molar-refractivity contribution in [3.05, 3.63) is 11.5 Å². The van der Waals surface area contributed by atoms with Crippen LogP contribution in [0.2, 0.25) is 0 Å². The smallest absolute Gasteiger partial charge is 0.266 e. The van der Waals surface area contributed by atoms with Gasteiger partial charge in [0.2, 0.25) is 0 Å². The lowest BCUT2D eigenvalue weighted by atomic mass is 10.2. The topological polar surface area (TPSA) is 118 Å². The van der Waals surface area contributed by atoms with Gasteiger partial charge in [0.1, 0.15) is 5.70 Å². The standard InChI is InChI=1S/C6H8N6O/c7-4-3-5(12-6(8)11-4)9-1-2(13)10-3/h1,5H,7H2,(H,10,13)(H3,8,11,12). The van der Waals surface area contributed by atoms with Crippen molar-refractivity contribution in [1.29, 1.82) is 0 Å². The normalized spacial score (nSPS) is 26.0. The lowest BCUT2D eigenvalue weighted by Crippen LogP contribution is -2.50. The second-order valence-electron chi connectivity index (χ2n) is 2.61. The minimum Gasteiger partial charge on any atom is -0.382 e. The molecule has 2 rings (SSSR count). The van der Waals surface area contributed by atoms with Gasteiger partial charge in [0.15, 0.2) is 17.9 Å². The third kappa shape index (κ3) is 1.19. The van der Waals surface area contributed by atoms with Crippen molar-refractivity contribution in [3.8, 4) is 0 Å². The van der Waals surface area contributed by atoms with E-state index in [-0.39, 0.29) is 17.7 Å². The van der Waals surface area contributed by atoms with Gasteiger partial charge in [-0.2, -0.15) is 4.99 Å². The minimum absolute atomic E-state index is 0.187. The van der Waals surface area contributed by atoms with Crippen LogP contribution in [0, 0.1) is 0 Å². The number of fused-ring (bicyclic) bond motifs is 1.